The number of amides is 3. The standard InChI is InChI=1S/C14H23N3O4S/c1-3-22(20,21)15-9-5-11(6-10-15)17-12(18)14(2)7-4-8-16(14)13(17)19/h11H,3-10H2,1-2H3/t14-/m0/s1. The van der Waals surface area contributed by atoms with Crippen LogP contribution in [0.1, 0.15) is 39.5 Å². The molecule has 8 heteroatoms. The van der Waals surface area contributed by atoms with Gasteiger partial charge in [0.15, 0.2) is 0 Å². The van der Waals surface area contributed by atoms with Gasteiger partial charge in [-0.05, 0) is 39.5 Å². The largest absolute Gasteiger partial charge is 0.327 e. The van der Waals surface area contributed by atoms with Crippen molar-refractivity contribution in [1.82, 2.24) is 14.1 Å². The molecule has 3 rings (SSSR count). The van der Waals surface area contributed by atoms with Crippen LogP contribution >= 0.6 is 0 Å². The fraction of sp³-hybridized carbons (Fsp3) is 0.857. The van der Waals surface area contributed by atoms with Crippen LogP contribution in [0.5, 0.6) is 0 Å². The van der Waals surface area contributed by atoms with Gasteiger partial charge in [-0.2, -0.15) is 0 Å². The average Bonchev–Trinajstić information content (AvgIpc) is 2.97. The fourth-order valence-corrected chi connectivity index (χ4v) is 4.98. The van der Waals surface area contributed by atoms with Crippen molar-refractivity contribution >= 4 is 22.0 Å². The third-order valence-corrected chi connectivity index (χ3v) is 7.19. The summed E-state index contributed by atoms with van der Waals surface area (Å²) in [7, 11) is -3.19. The number of hydrogen-bond donors (Lipinski definition) is 0. The molecule has 3 aliphatic heterocycles. The normalized spacial score (nSPS) is 31.2. The van der Waals surface area contributed by atoms with Gasteiger partial charge in [-0.3, -0.25) is 9.69 Å². The van der Waals surface area contributed by atoms with Crippen LogP contribution in [0.3, 0.4) is 0 Å². The Kier molecular flexibility index (Phi) is 3.71. The molecule has 0 saturated carbocycles. The van der Waals surface area contributed by atoms with E-state index in [-0.39, 0.29) is 23.7 Å². The maximum absolute atomic E-state index is 12.7. The Balaban J connectivity index is 1.72. The Bertz CT molecular complexity index is 597. The van der Waals surface area contributed by atoms with E-state index in [1.807, 2.05) is 6.92 Å². The maximum atomic E-state index is 12.7. The minimum Gasteiger partial charge on any atom is -0.310 e. The summed E-state index contributed by atoms with van der Waals surface area (Å²) in [6, 6.07) is -0.368. The van der Waals surface area contributed by atoms with Crippen LogP contribution in [-0.2, 0) is 14.8 Å². The first-order valence-corrected chi connectivity index (χ1v) is 9.55. The minimum atomic E-state index is -3.19. The Morgan fingerprint density at radius 3 is 2.36 bits per heavy atom. The van der Waals surface area contributed by atoms with Gasteiger partial charge < -0.3 is 4.90 Å². The molecule has 0 aromatic rings. The Morgan fingerprint density at radius 2 is 1.82 bits per heavy atom. The number of fused-ring (bicyclic) bond motifs is 1. The molecule has 3 amide bonds. The lowest BCUT2D eigenvalue weighted by atomic mass is 9.97. The molecule has 0 unspecified atom stereocenters. The maximum Gasteiger partial charge on any atom is 0.327 e. The first-order chi connectivity index (χ1) is 10.3. The van der Waals surface area contributed by atoms with Crippen LogP contribution in [0, 0.1) is 0 Å². The van der Waals surface area contributed by atoms with Gasteiger partial charge in [0.1, 0.15) is 5.54 Å². The number of sulfonamides is 1. The molecular formula is C14H23N3O4S. The molecule has 0 radical (unpaired) electrons. The third-order valence-electron chi connectivity index (χ3n) is 5.30. The molecule has 3 aliphatic rings. The Morgan fingerprint density at radius 1 is 1.18 bits per heavy atom. The van der Waals surface area contributed by atoms with Crippen molar-refractivity contribution < 1.29 is 18.0 Å². The van der Waals surface area contributed by atoms with Gasteiger partial charge in [0.25, 0.3) is 5.91 Å². The lowest BCUT2D eigenvalue weighted by Crippen LogP contribution is -2.50. The highest BCUT2D eigenvalue weighted by molar-refractivity contribution is 7.89. The number of nitrogens with zero attached hydrogens (tertiary/aromatic N) is 3. The van der Waals surface area contributed by atoms with Crippen LogP contribution in [0.4, 0.5) is 4.79 Å². The minimum absolute atomic E-state index is 0.0884. The summed E-state index contributed by atoms with van der Waals surface area (Å²) in [5, 5.41) is 0. The van der Waals surface area contributed by atoms with E-state index >= 15 is 0 Å². The first-order valence-electron chi connectivity index (χ1n) is 7.94. The summed E-state index contributed by atoms with van der Waals surface area (Å²) < 4.78 is 25.3. The second-order valence-corrected chi connectivity index (χ2v) is 8.78. The second kappa shape index (κ2) is 5.19. The highest BCUT2D eigenvalue weighted by Crippen LogP contribution is 2.39. The lowest BCUT2D eigenvalue weighted by molar-refractivity contribution is -0.133. The molecule has 3 fully saturated rings. The molecular weight excluding hydrogens is 306 g/mol. The van der Waals surface area contributed by atoms with Crippen molar-refractivity contribution in [2.45, 2.75) is 51.1 Å². The summed E-state index contributed by atoms with van der Waals surface area (Å²) in [4.78, 5) is 28.3. The number of rotatable bonds is 3. The number of carbonyl (C=O) groups is 2. The number of urea groups is 1. The summed E-state index contributed by atoms with van der Waals surface area (Å²) in [6.45, 7) is 4.88. The van der Waals surface area contributed by atoms with Gasteiger partial charge in [0.2, 0.25) is 10.0 Å². The Hall–Kier alpha value is -1.15. The molecule has 0 spiro atoms. The van der Waals surface area contributed by atoms with Gasteiger partial charge in [-0.1, -0.05) is 0 Å². The lowest BCUT2D eigenvalue weighted by Gasteiger charge is -2.35. The SMILES string of the molecule is CCS(=O)(=O)N1CCC(N2C(=O)N3CCC[C@@]3(C)C2=O)CC1. The average molecular weight is 329 g/mol. The monoisotopic (exact) mass is 329 g/mol. The van der Waals surface area contributed by atoms with Crippen molar-refractivity contribution in [1.29, 1.82) is 0 Å². The third kappa shape index (κ3) is 2.15. The van der Waals surface area contributed by atoms with E-state index in [4.69, 9.17) is 0 Å². The zero-order valence-corrected chi connectivity index (χ0v) is 13.9. The smallest absolute Gasteiger partial charge is 0.310 e. The predicted octanol–water partition coefficient (Wildman–Crippen LogP) is 0.617. The molecule has 0 bridgehead atoms. The van der Waals surface area contributed by atoms with Gasteiger partial charge >= 0.3 is 6.03 Å². The van der Waals surface area contributed by atoms with Crippen LogP contribution in [0.15, 0.2) is 0 Å². The van der Waals surface area contributed by atoms with Crippen LogP contribution in [-0.4, -0.2) is 71.4 Å². The van der Waals surface area contributed by atoms with Crippen LogP contribution in [0.2, 0.25) is 0 Å². The molecule has 124 valence electrons. The van der Waals surface area contributed by atoms with E-state index in [1.54, 1.807) is 11.8 Å². The van der Waals surface area contributed by atoms with Crippen LogP contribution in [0.25, 0.3) is 0 Å². The van der Waals surface area contributed by atoms with E-state index in [0.717, 1.165) is 12.8 Å². The Labute approximate surface area is 131 Å². The van der Waals surface area contributed by atoms with Gasteiger partial charge in [-0.25, -0.2) is 17.5 Å². The molecule has 0 N–H and O–H groups in total. The zero-order valence-electron chi connectivity index (χ0n) is 13.1. The molecule has 3 saturated heterocycles. The van der Waals surface area contributed by atoms with E-state index in [2.05, 4.69) is 0 Å². The van der Waals surface area contributed by atoms with Crippen molar-refractivity contribution in [2.24, 2.45) is 0 Å². The van der Waals surface area contributed by atoms with Crippen LogP contribution < -0.4 is 0 Å². The van der Waals surface area contributed by atoms with Crippen molar-refractivity contribution in [3.05, 3.63) is 0 Å². The highest BCUT2D eigenvalue weighted by Gasteiger charge is 2.58. The number of carbonyl (C=O) groups excluding carboxylic acids is 2. The van der Waals surface area contributed by atoms with E-state index in [9.17, 15) is 18.0 Å². The number of piperidine rings is 1. The van der Waals surface area contributed by atoms with E-state index in [1.165, 1.54) is 9.21 Å². The topological polar surface area (TPSA) is 78.0 Å². The molecule has 3 heterocycles. The summed E-state index contributed by atoms with van der Waals surface area (Å²) in [5.41, 5.74) is -0.677. The summed E-state index contributed by atoms with van der Waals surface area (Å²) >= 11 is 0. The summed E-state index contributed by atoms with van der Waals surface area (Å²) in [6.07, 6.45) is 2.65. The molecule has 1 atom stereocenters. The molecule has 22 heavy (non-hydrogen) atoms. The zero-order chi connectivity index (χ0) is 16.1. The van der Waals surface area contributed by atoms with Gasteiger partial charge in [-0.15, -0.1) is 0 Å². The van der Waals surface area contributed by atoms with Gasteiger partial charge in [0, 0.05) is 25.7 Å². The molecule has 0 aromatic heterocycles. The number of hydrogen-bond acceptors (Lipinski definition) is 4. The molecule has 0 aliphatic carbocycles. The van der Waals surface area contributed by atoms with Gasteiger partial charge in [0.05, 0.1) is 5.75 Å². The van der Waals surface area contributed by atoms with Crippen molar-refractivity contribution in [2.75, 3.05) is 25.4 Å². The fourth-order valence-electron chi connectivity index (χ4n) is 3.85. The molecule has 7 nitrogen and oxygen atoms in total. The number of imide groups is 1. The molecule has 0 aromatic carbocycles. The van der Waals surface area contributed by atoms with Crippen molar-refractivity contribution in [3.8, 4) is 0 Å². The quantitative estimate of drug-likeness (QED) is 0.711. The van der Waals surface area contributed by atoms with E-state index in [0.29, 0.717) is 32.5 Å². The predicted molar refractivity (Wildman–Crippen MR) is 80.6 cm³/mol. The summed E-state index contributed by atoms with van der Waals surface area (Å²) in [5.74, 6) is -0.0164. The van der Waals surface area contributed by atoms with E-state index < -0.39 is 15.6 Å². The second-order valence-electron chi connectivity index (χ2n) is 6.52. The van der Waals surface area contributed by atoms with Crippen molar-refractivity contribution in [3.63, 3.8) is 0 Å². The first kappa shape index (κ1) is 15.7. The highest BCUT2D eigenvalue weighted by atomic mass is 32.2.